The van der Waals surface area contributed by atoms with Gasteiger partial charge >= 0.3 is 0 Å². The summed E-state index contributed by atoms with van der Waals surface area (Å²) in [4.78, 5) is 30.9. The molecule has 8 nitrogen and oxygen atoms in total. The predicted molar refractivity (Wildman–Crippen MR) is 61.8 cm³/mol. The molecular weight excluding hydrogens is 224 g/mol. The van der Waals surface area contributed by atoms with Gasteiger partial charge in [0.2, 0.25) is 11.8 Å². The lowest BCUT2D eigenvalue weighted by Gasteiger charge is -2.22. The highest BCUT2D eigenvalue weighted by Crippen LogP contribution is 2.19. The van der Waals surface area contributed by atoms with Gasteiger partial charge in [0.05, 0.1) is 13.1 Å². The van der Waals surface area contributed by atoms with Gasteiger partial charge in [0.25, 0.3) is 0 Å². The number of hydrogen-bond donors (Lipinski definition) is 3. The fourth-order valence-electron chi connectivity index (χ4n) is 1.35. The lowest BCUT2D eigenvalue weighted by Crippen LogP contribution is -2.40. The van der Waals surface area contributed by atoms with E-state index in [-0.39, 0.29) is 18.9 Å². The summed E-state index contributed by atoms with van der Waals surface area (Å²) >= 11 is 0. The van der Waals surface area contributed by atoms with Crippen molar-refractivity contribution in [1.82, 2.24) is 9.97 Å². The Balaban J connectivity index is 3.07. The van der Waals surface area contributed by atoms with Gasteiger partial charge in [0, 0.05) is 5.56 Å². The van der Waals surface area contributed by atoms with E-state index >= 15 is 0 Å². The first-order valence-corrected chi connectivity index (χ1v) is 4.80. The molecule has 0 spiro atoms. The summed E-state index contributed by atoms with van der Waals surface area (Å²) in [5.41, 5.74) is 16.3. The average molecular weight is 238 g/mol. The molecular formula is C9H14N6O2. The Hall–Kier alpha value is -2.38. The number of carbonyl (C=O) groups is 2. The Labute approximate surface area is 97.8 Å². The van der Waals surface area contributed by atoms with Gasteiger partial charge in [0.1, 0.15) is 18.0 Å². The van der Waals surface area contributed by atoms with Crippen molar-refractivity contribution < 1.29 is 9.59 Å². The summed E-state index contributed by atoms with van der Waals surface area (Å²) in [6.45, 7) is 1.35. The highest BCUT2D eigenvalue weighted by molar-refractivity contribution is 5.85. The molecule has 1 aromatic rings. The Kier molecular flexibility index (Phi) is 3.81. The van der Waals surface area contributed by atoms with E-state index in [0.29, 0.717) is 11.4 Å². The van der Waals surface area contributed by atoms with E-state index in [1.165, 1.54) is 11.2 Å². The Morgan fingerprint density at radius 3 is 2.24 bits per heavy atom. The van der Waals surface area contributed by atoms with Gasteiger partial charge in [-0.05, 0) is 6.92 Å². The van der Waals surface area contributed by atoms with Crippen molar-refractivity contribution in [2.45, 2.75) is 6.92 Å². The van der Waals surface area contributed by atoms with E-state index in [2.05, 4.69) is 9.97 Å². The zero-order valence-corrected chi connectivity index (χ0v) is 9.38. The van der Waals surface area contributed by atoms with E-state index in [4.69, 9.17) is 17.2 Å². The molecule has 0 saturated carbocycles. The highest BCUT2D eigenvalue weighted by Gasteiger charge is 2.16. The van der Waals surface area contributed by atoms with Crippen LogP contribution in [-0.4, -0.2) is 34.9 Å². The number of anilines is 2. The quantitative estimate of drug-likeness (QED) is 0.549. The van der Waals surface area contributed by atoms with Gasteiger partial charge in [-0.2, -0.15) is 0 Å². The van der Waals surface area contributed by atoms with Crippen molar-refractivity contribution in [1.29, 1.82) is 0 Å². The van der Waals surface area contributed by atoms with Crippen LogP contribution in [0.5, 0.6) is 0 Å². The second-order valence-corrected chi connectivity index (χ2v) is 3.50. The maximum absolute atomic E-state index is 10.9. The first-order chi connectivity index (χ1) is 7.91. The summed E-state index contributed by atoms with van der Waals surface area (Å²) in [7, 11) is 0. The Bertz CT molecular complexity index is 431. The molecule has 1 rings (SSSR count). The second-order valence-electron chi connectivity index (χ2n) is 3.50. The first-order valence-electron chi connectivity index (χ1n) is 4.80. The van der Waals surface area contributed by atoms with Crippen LogP contribution in [0.4, 0.5) is 11.6 Å². The molecule has 0 bridgehead atoms. The molecule has 92 valence electrons. The van der Waals surface area contributed by atoms with Crippen molar-refractivity contribution in [2.24, 2.45) is 11.5 Å². The molecule has 1 heterocycles. The number of rotatable bonds is 5. The Morgan fingerprint density at radius 2 is 1.76 bits per heavy atom. The molecule has 0 aliphatic heterocycles. The van der Waals surface area contributed by atoms with Gasteiger partial charge in [-0.25, -0.2) is 9.97 Å². The minimum Gasteiger partial charge on any atom is -0.383 e. The van der Waals surface area contributed by atoms with E-state index in [1.54, 1.807) is 6.92 Å². The van der Waals surface area contributed by atoms with E-state index in [9.17, 15) is 9.59 Å². The predicted octanol–water partition coefficient (Wildman–Crippen LogP) is -1.86. The molecule has 0 aliphatic rings. The first kappa shape index (κ1) is 12.7. The number of hydrogen-bond acceptors (Lipinski definition) is 6. The molecule has 0 atom stereocenters. The molecule has 0 fully saturated rings. The maximum atomic E-state index is 10.9. The lowest BCUT2D eigenvalue weighted by molar-refractivity contribution is -0.117. The highest BCUT2D eigenvalue weighted by atomic mass is 16.2. The summed E-state index contributed by atoms with van der Waals surface area (Å²) in [6, 6.07) is 0. The van der Waals surface area contributed by atoms with Crippen LogP contribution in [0.1, 0.15) is 5.56 Å². The van der Waals surface area contributed by atoms with E-state index in [1.807, 2.05) is 0 Å². The summed E-state index contributed by atoms with van der Waals surface area (Å²) in [5.74, 6) is -0.547. The van der Waals surface area contributed by atoms with Crippen LogP contribution in [0, 0.1) is 6.92 Å². The zero-order valence-electron chi connectivity index (χ0n) is 9.38. The molecule has 0 unspecified atom stereocenters. The van der Waals surface area contributed by atoms with Crippen molar-refractivity contribution in [3.63, 3.8) is 0 Å². The number of carbonyl (C=O) groups excluding carboxylic acids is 2. The average Bonchev–Trinajstić information content (AvgIpc) is 2.19. The van der Waals surface area contributed by atoms with Crippen LogP contribution in [0.3, 0.4) is 0 Å². The van der Waals surface area contributed by atoms with Crippen LogP contribution in [-0.2, 0) is 9.59 Å². The van der Waals surface area contributed by atoms with Crippen LogP contribution in [0.15, 0.2) is 6.33 Å². The van der Waals surface area contributed by atoms with Crippen LogP contribution < -0.4 is 22.1 Å². The smallest absolute Gasteiger partial charge is 0.237 e. The fourth-order valence-corrected chi connectivity index (χ4v) is 1.35. The molecule has 17 heavy (non-hydrogen) atoms. The van der Waals surface area contributed by atoms with Crippen molar-refractivity contribution in [3.05, 3.63) is 11.9 Å². The molecule has 6 N–H and O–H groups in total. The summed E-state index contributed by atoms with van der Waals surface area (Å²) in [5, 5.41) is 0. The molecule has 1 aromatic heterocycles. The maximum Gasteiger partial charge on any atom is 0.237 e. The van der Waals surface area contributed by atoms with Crippen molar-refractivity contribution >= 4 is 23.5 Å². The van der Waals surface area contributed by atoms with Crippen LogP contribution in [0.2, 0.25) is 0 Å². The standard InChI is InChI=1S/C9H14N6O2/c1-5-8(12)13-4-14-9(5)15(2-6(10)16)3-7(11)17/h4H,2-3H2,1H3,(H2,10,16)(H2,11,17)(H2,12,13,14). The molecule has 0 saturated heterocycles. The normalized spacial score (nSPS) is 9.94. The molecule has 2 amide bonds. The van der Waals surface area contributed by atoms with Gasteiger partial charge in [0.15, 0.2) is 0 Å². The van der Waals surface area contributed by atoms with Gasteiger partial charge in [-0.15, -0.1) is 0 Å². The second kappa shape index (κ2) is 5.10. The van der Waals surface area contributed by atoms with Crippen molar-refractivity contribution in [2.75, 3.05) is 23.7 Å². The van der Waals surface area contributed by atoms with Gasteiger partial charge < -0.3 is 22.1 Å². The van der Waals surface area contributed by atoms with Crippen molar-refractivity contribution in [3.8, 4) is 0 Å². The number of aromatic nitrogens is 2. The zero-order chi connectivity index (χ0) is 13.0. The molecule has 8 heteroatoms. The number of nitrogens with two attached hydrogens (primary N) is 3. The van der Waals surface area contributed by atoms with Gasteiger partial charge in [-0.3, -0.25) is 9.59 Å². The van der Waals surface area contributed by atoms with E-state index < -0.39 is 11.8 Å². The third-order valence-electron chi connectivity index (χ3n) is 2.09. The molecule has 0 aromatic carbocycles. The van der Waals surface area contributed by atoms with E-state index in [0.717, 1.165) is 0 Å². The number of nitrogen functional groups attached to an aromatic ring is 1. The third-order valence-corrected chi connectivity index (χ3v) is 2.09. The SMILES string of the molecule is Cc1c(N)ncnc1N(CC(N)=O)CC(N)=O. The molecule has 0 radical (unpaired) electrons. The molecule has 0 aliphatic carbocycles. The number of amides is 2. The minimum atomic E-state index is -0.595. The minimum absolute atomic E-state index is 0.166. The van der Waals surface area contributed by atoms with Gasteiger partial charge in [-0.1, -0.05) is 0 Å². The monoisotopic (exact) mass is 238 g/mol. The number of primary amides is 2. The third kappa shape index (κ3) is 3.30. The summed E-state index contributed by atoms with van der Waals surface area (Å²) in [6.07, 6.45) is 1.24. The number of nitrogens with zero attached hydrogens (tertiary/aromatic N) is 3. The Morgan fingerprint density at radius 1 is 1.24 bits per heavy atom. The topological polar surface area (TPSA) is 141 Å². The van der Waals surface area contributed by atoms with Crippen LogP contribution in [0.25, 0.3) is 0 Å². The van der Waals surface area contributed by atoms with Crippen LogP contribution >= 0.6 is 0 Å². The lowest BCUT2D eigenvalue weighted by atomic mass is 10.3. The largest absolute Gasteiger partial charge is 0.383 e. The summed E-state index contributed by atoms with van der Waals surface area (Å²) < 4.78 is 0. The fraction of sp³-hybridized carbons (Fsp3) is 0.333.